The highest BCUT2D eigenvalue weighted by molar-refractivity contribution is 6.18. The predicted octanol–water partition coefficient (Wildman–Crippen LogP) is 2.51. The molecule has 2 saturated heterocycles. The van der Waals surface area contributed by atoms with E-state index in [-0.39, 0.29) is 42.4 Å². The van der Waals surface area contributed by atoms with Crippen LogP contribution in [-0.2, 0) is 23.8 Å². The lowest BCUT2D eigenvalue weighted by Gasteiger charge is -2.46. The third kappa shape index (κ3) is 9.50. The van der Waals surface area contributed by atoms with Gasteiger partial charge in [0.15, 0.2) is 5.79 Å². The topological polar surface area (TPSA) is 135 Å². The number of carbonyl (C=O) groups excluding carboxylic acids is 2. The van der Waals surface area contributed by atoms with Crippen LogP contribution in [0.3, 0.4) is 0 Å². The number of nitrogens with one attached hydrogen (secondary N) is 1. The first kappa shape index (κ1) is 31.5. The van der Waals surface area contributed by atoms with Crippen molar-refractivity contribution in [1.29, 1.82) is 0 Å². The van der Waals surface area contributed by atoms with Crippen molar-refractivity contribution in [2.45, 2.75) is 109 Å². The van der Waals surface area contributed by atoms with Gasteiger partial charge in [-0.2, -0.15) is 0 Å². The van der Waals surface area contributed by atoms with E-state index in [9.17, 15) is 24.9 Å². The molecule has 9 unspecified atom stereocenters. The first-order chi connectivity index (χ1) is 17.2. The van der Waals surface area contributed by atoms with Crippen LogP contribution in [0.4, 0.5) is 0 Å². The number of aliphatic hydroxyl groups excluding tert-OH is 1. The van der Waals surface area contributed by atoms with E-state index in [4.69, 9.17) is 25.8 Å². The molecule has 210 valence electrons. The van der Waals surface area contributed by atoms with Gasteiger partial charge in [0.2, 0.25) is 5.91 Å². The zero-order chi connectivity index (χ0) is 28.0. The fraction of sp³-hybridized carbons (Fsp3) is 0.704. The zero-order valence-electron chi connectivity index (χ0n) is 22.5. The molecule has 2 heterocycles. The molecule has 9 atom stereocenters. The van der Waals surface area contributed by atoms with E-state index in [0.29, 0.717) is 6.42 Å². The minimum atomic E-state index is -1.65. The summed E-state index contributed by atoms with van der Waals surface area (Å²) in [5.74, 6) is -2.32. The molecule has 2 fully saturated rings. The van der Waals surface area contributed by atoms with Crippen LogP contribution >= 0.6 is 11.6 Å². The summed E-state index contributed by atoms with van der Waals surface area (Å²) in [4.78, 5) is 23.3. The van der Waals surface area contributed by atoms with Gasteiger partial charge in [0.1, 0.15) is 23.9 Å². The number of ether oxygens (including phenoxy) is 3. The summed E-state index contributed by atoms with van der Waals surface area (Å²) in [6.45, 7) is 10.3. The van der Waals surface area contributed by atoms with E-state index >= 15 is 0 Å². The summed E-state index contributed by atoms with van der Waals surface area (Å²) in [5, 5.41) is 34.4. The normalized spacial score (nSPS) is 38.1. The summed E-state index contributed by atoms with van der Waals surface area (Å²) in [6, 6.07) is -0.143. The van der Waals surface area contributed by atoms with E-state index < -0.39 is 35.7 Å². The number of rotatable bonds is 9. The van der Waals surface area contributed by atoms with Gasteiger partial charge >= 0.3 is 5.97 Å². The van der Waals surface area contributed by atoms with E-state index in [1.54, 1.807) is 19.1 Å². The smallest absolute Gasteiger partial charge is 0.303 e. The summed E-state index contributed by atoms with van der Waals surface area (Å²) in [7, 11) is 0. The Hall–Kier alpha value is -1.75. The lowest BCUT2D eigenvalue weighted by Crippen LogP contribution is -2.61. The van der Waals surface area contributed by atoms with Crippen molar-refractivity contribution in [3.63, 3.8) is 0 Å². The molecule has 0 radical (unpaired) electrons. The van der Waals surface area contributed by atoms with Gasteiger partial charge in [0.25, 0.3) is 0 Å². The molecule has 0 aliphatic carbocycles. The van der Waals surface area contributed by atoms with E-state index in [2.05, 4.69) is 12.2 Å². The third-order valence-corrected chi connectivity index (χ3v) is 7.22. The van der Waals surface area contributed by atoms with Crippen LogP contribution in [0.2, 0.25) is 0 Å². The molecule has 0 aromatic carbocycles. The molecule has 4 N–H and O–H groups in total. The molecular formula is C27H42ClNO8. The molecule has 2 aliphatic heterocycles. The second kappa shape index (κ2) is 13.4. The zero-order valence-corrected chi connectivity index (χ0v) is 23.3. The molecule has 2 aliphatic rings. The molecule has 9 nitrogen and oxygen atoms in total. The van der Waals surface area contributed by atoms with Crippen LogP contribution < -0.4 is 5.32 Å². The maximum Gasteiger partial charge on any atom is 0.303 e. The van der Waals surface area contributed by atoms with Gasteiger partial charge in [0, 0.05) is 19.4 Å². The number of amides is 1. The van der Waals surface area contributed by atoms with Crippen molar-refractivity contribution in [3.05, 3.63) is 36.0 Å². The first-order valence-electron chi connectivity index (χ1n) is 12.7. The van der Waals surface area contributed by atoms with Crippen LogP contribution in [-0.4, -0.2) is 81.0 Å². The van der Waals surface area contributed by atoms with Crippen LogP contribution in [0.1, 0.15) is 60.8 Å². The van der Waals surface area contributed by atoms with Crippen LogP contribution in [0.25, 0.3) is 0 Å². The van der Waals surface area contributed by atoms with Crippen molar-refractivity contribution in [1.82, 2.24) is 5.32 Å². The Morgan fingerprint density at radius 2 is 1.92 bits per heavy atom. The molecular weight excluding hydrogens is 502 g/mol. The lowest BCUT2D eigenvalue weighted by molar-refractivity contribution is -0.302. The summed E-state index contributed by atoms with van der Waals surface area (Å²) in [6.07, 6.45) is 6.62. The number of alkyl halides is 1. The van der Waals surface area contributed by atoms with E-state index in [1.807, 2.05) is 19.9 Å². The van der Waals surface area contributed by atoms with Crippen molar-refractivity contribution < 1.29 is 39.1 Å². The molecule has 10 heteroatoms. The number of hydrogen-bond acceptors (Lipinski definition) is 8. The molecule has 0 aromatic heterocycles. The van der Waals surface area contributed by atoms with Gasteiger partial charge in [-0.15, -0.1) is 11.6 Å². The van der Waals surface area contributed by atoms with Crippen LogP contribution in [0.15, 0.2) is 36.0 Å². The minimum absolute atomic E-state index is 0.0374. The quantitative estimate of drug-likeness (QED) is 0.151. The molecule has 37 heavy (non-hydrogen) atoms. The molecule has 1 amide bonds. The summed E-state index contributed by atoms with van der Waals surface area (Å²) in [5.41, 5.74) is -0.749. The highest BCUT2D eigenvalue weighted by Gasteiger charge is 2.51. The van der Waals surface area contributed by atoms with Gasteiger partial charge < -0.3 is 34.8 Å². The lowest BCUT2D eigenvalue weighted by atomic mass is 9.84. The first-order valence-corrected chi connectivity index (χ1v) is 13.2. The molecule has 0 saturated carbocycles. The summed E-state index contributed by atoms with van der Waals surface area (Å²) < 4.78 is 16.7. The van der Waals surface area contributed by atoms with Crippen molar-refractivity contribution in [3.8, 4) is 0 Å². The Kier molecular flexibility index (Phi) is 11.4. The second-order valence-electron chi connectivity index (χ2n) is 10.5. The highest BCUT2D eigenvalue weighted by atomic mass is 35.5. The van der Waals surface area contributed by atoms with Crippen molar-refractivity contribution >= 4 is 23.5 Å². The van der Waals surface area contributed by atoms with Gasteiger partial charge in [-0.05, 0) is 52.5 Å². The Morgan fingerprint density at radius 3 is 2.54 bits per heavy atom. The fourth-order valence-corrected chi connectivity index (χ4v) is 4.99. The average molecular weight is 544 g/mol. The van der Waals surface area contributed by atoms with Crippen LogP contribution in [0.5, 0.6) is 0 Å². The Balaban J connectivity index is 1.91. The predicted molar refractivity (Wildman–Crippen MR) is 140 cm³/mol. The Labute approximate surface area is 224 Å². The monoisotopic (exact) mass is 543 g/mol. The standard InChI is InChI=1S/C27H42ClNO8/c1-16(8-11-23-25(32)27(34,15-28)14-26(6,33)37-23)7-10-22-17(2)13-21(19(4)36-22)29-24(31)12-9-18(3)35-20(5)30/h7-9,11-12,17-19,21-23,25,32-34H,10,13-15H2,1-6H3,(H,29,31)/b11-8+,12-9?,16-7+. The van der Waals surface area contributed by atoms with Crippen molar-refractivity contribution in [2.75, 3.05) is 5.88 Å². The number of hydrogen-bond donors (Lipinski definition) is 4. The highest BCUT2D eigenvalue weighted by Crippen LogP contribution is 2.36. The maximum absolute atomic E-state index is 12.3. The number of halogens is 1. The van der Waals surface area contributed by atoms with Gasteiger partial charge in [-0.3, -0.25) is 9.59 Å². The van der Waals surface area contributed by atoms with E-state index in [1.165, 1.54) is 26.0 Å². The number of aliphatic hydroxyl groups is 3. The van der Waals surface area contributed by atoms with E-state index in [0.717, 1.165) is 12.0 Å². The molecule has 2 rings (SSSR count). The number of allylic oxidation sites excluding steroid dienone is 2. The van der Waals surface area contributed by atoms with Crippen molar-refractivity contribution in [2.24, 2.45) is 5.92 Å². The Morgan fingerprint density at radius 1 is 1.24 bits per heavy atom. The van der Waals surface area contributed by atoms with Gasteiger partial charge in [-0.25, -0.2) is 0 Å². The molecule has 0 spiro atoms. The Bertz CT molecular complexity index is 888. The largest absolute Gasteiger partial charge is 0.459 e. The van der Waals surface area contributed by atoms with Gasteiger partial charge in [-0.1, -0.05) is 30.7 Å². The number of esters is 1. The van der Waals surface area contributed by atoms with Crippen LogP contribution in [0, 0.1) is 5.92 Å². The second-order valence-corrected chi connectivity index (χ2v) is 10.8. The third-order valence-electron chi connectivity index (χ3n) is 6.75. The number of carbonyl (C=O) groups is 2. The maximum atomic E-state index is 12.3. The molecule has 0 aromatic rings. The molecule has 0 bridgehead atoms. The SMILES string of the molecule is CC(=O)OC(C)C=CC(=O)NC1CC(C)C(C/C=C(C)/C=C/C2OC(C)(O)CC(O)(CCl)C2O)OC1C. The minimum Gasteiger partial charge on any atom is -0.459 e. The fourth-order valence-electron chi connectivity index (χ4n) is 4.73. The average Bonchev–Trinajstić information content (AvgIpc) is 2.79. The van der Waals surface area contributed by atoms with Gasteiger partial charge in [0.05, 0.1) is 24.1 Å². The summed E-state index contributed by atoms with van der Waals surface area (Å²) >= 11 is 5.85.